The third-order valence-electron chi connectivity index (χ3n) is 5.41. The Bertz CT molecular complexity index is 668. The number of amides is 3. The molecule has 2 fully saturated rings. The molecular weight excluding hydrogens is 358 g/mol. The van der Waals surface area contributed by atoms with Crippen LogP contribution in [0.5, 0.6) is 5.75 Å². The Hall–Kier alpha value is -2.28. The maximum atomic E-state index is 12.7. The van der Waals surface area contributed by atoms with Gasteiger partial charge in [-0.2, -0.15) is 0 Å². The molecule has 0 spiro atoms. The van der Waals surface area contributed by atoms with E-state index in [0.29, 0.717) is 52.5 Å². The van der Waals surface area contributed by atoms with Crippen molar-refractivity contribution in [1.82, 2.24) is 15.1 Å². The predicted octanol–water partition coefficient (Wildman–Crippen LogP) is 1.96. The minimum Gasteiger partial charge on any atom is -0.491 e. The van der Waals surface area contributed by atoms with Crippen molar-refractivity contribution >= 4 is 11.9 Å². The van der Waals surface area contributed by atoms with E-state index in [9.17, 15) is 9.59 Å². The van der Waals surface area contributed by atoms with E-state index in [4.69, 9.17) is 9.47 Å². The lowest BCUT2D eigenvalue weighted by Gasteiger charge is -2.36. The molecule has 0 saturated carbocycles. The van der Waals surface area contributed by atoms with Gasteiger partial charge < -0.3 is 24.6 Å². The standard InChI is InChI=1S/C21H31N3O4/c1-16-5-3-6-17(2)19(16)28-12-8-22-21(26)24-9-4-7-18(15-24)20(25)23-10-13-27-14-11-23/h3,5-6,18H,4,7-15H2,1-2H3,(H,22,26)/t18-/m0/s1. The van der Waals surface area contributed by atoms with E-state index in [1.807, 2.05) is 36.9 Å². The molecule has 3 amide bonds. The molecule has 1 atom stereocenters. The zero-order chi connectivity index (χ0) is 19.9. The van der Waals surface area contributed by atoms with Crippen molar-refractivity contribution < 1.29 is 19.1 Å². The first-order chi connectivity index (χ1) is 13.6. The SMILES string of the molecule is Cc1cccc(C)c1OCCNC(=O)N1CCC[C@H](C(=O)N2CCOCC2)C1. The fourth-order valence-corrected chi connectivity index (χ4v) is 3.85. The summed E-state index contributed by atoms with van der Waals surface area (Å²) in [5.41, 5.74) is 2.18. The average molecular weight is 389 g/mol. The number of nitrogens with one attached hydrogen (secondary N) is 1. The number of morpholine rings is 1. The second-order valence-corrected chi connectivity index (χ2v) is 7.52. The number of hydrogen-bond acceptors (Lipinski definition) is 4. The summed E-state index contributed by atoms with van der Waals surface area (Å²) < 4.78 is 11.2. The summed E-state index contributed by atoms with van der Waals surface area (Å²) in [6, 6.07) is 5.91. The molecule has 2 saturated heterocycles. The molecule has 3 rings (SSSR count). The first kappa shape index (κ1) is 20.5. The molecule has 1 aromatic carbocycles. The van der Waals surface area contributed by atoms with Crippen LogP contribution in [-0.2, 0) is 9.53 Å². The topological polar surface area (TPSA) is 71.1 Å². The van der Waals surface area contributed by atoms with Gasteiger partial charge in [0.1, 0.15) is 12.4 Å². The number of hydrogen-bond donors (Lipinski definition) is 1. The Morgan fingerprint density at radius 1 is 1.14 bits per heavy atom. The molecule has 1 N–H and O–H groups in total. The molecule has 1 aromatic rings. The highest BCUT2D eigenvalue weighted by molar-refractivity contribution is 5.81. The second kappa shape index (κ2) is 9.78. The number of para-hydroxylation sites is 1. The Balaban J connectivity index is 1.43. The van der Waals surface area contributed by atoms with Gasteiger partial charge in [0.05, 0.1) is 25.7 Å². The van der Waals surface area contributed by atoms with Crippen molar-refractivity contribution in [1.29, 1.82) is 0 Å². The molecule has 7 nitrogen and oxygen atoms in total. The number of piperidine rings is 1. The van der Waals surface area contributed by atoms with Gasteiger partial charge in [-0.1, -0.05) is 18.2 Å². The van der Waals surface area contributed by atoms with Gasteiger partial charge in [-0.25, -0.2) is 4.79 Å². The van der Waals surface area contributed by atoms with Gasteiger partial charge in [-0.15, -0.1) is 0 Å². The highest BCUT2D eigenvalue weighted by Crippen LogP contribution is 2.22. The molecule has 154 valence electrons. The van der Waals surface area contributed by atoms with Crippen molar-refractivity contribution in [3.63, 3.8) is 0 Å². The molecule has 2 heterocycles. The lowest BCUT2D eigenvalue weighted by molar-refractivity contribution is -0.141. The first-order valence-electron chi connectivity index (χ1n) is 10.1. The van der Waals surface area contributed by atoms with Crippen molar-refractivity contribution in [3.8, 4) is 5.75 Å². The number of ether oxygens (including phenoxy) is 2. The number of carbonyl (C=O) groups is 2. The first-order valence-corrected chi connectivity index (χ1v) is 10.1. The van der Waals surface area contributed by atoms with E-state index in [1.165, 1.54) is 0 Å². The van der Waals surface area contributed by atoms with Crippen LogP contribution in [0.4, 0.5) is 4.79 Å². The van der Waals surface area contributed by atoms with Gasteiger partial charge in [0.2, 0.25) is 5.91 Å². The third kappa shape index (κ3) is 5.16. The minimum atomic E-state index is -0.121. The lowest BCUT2D eigenvalue weighted by Crippen LogP contribution is -2.51. The highest BCUT2D eigenvalue weighted by Gasteiger charge is 2.31. The van der Waals surface area contributed by atoms with Crippen LogP contribution in [0.2, 0.25) is 0 Å². The Kier molecular flexibility index (Phi) is 7.14. The van der Waals surface area contributed by atoms with E-state index in [0.717, 1.165) is 29.7 Å². The summed E-state index contributed by atoms with van der Waals surface area (Å²) in [5.74, 6) is 0.925. The van der Waals surface area contributed by atoms with E-state index in [2.05, 4.69) is 5.32 Å². The summed E-state index contributed by atoms with van der Waals surface area (Å²) in [7, 11) is 0. The monoisotopic (exact) mass is 389 g/mol. The van der Waals surface area contributed by atoms with Crippen molar-refractivity contribution in [2.45, 2.75) is 26.7 Å². The van der Waals surface area contributed by atoms with Gasteiger partial charge in [-0.05, 0) is 37.8 Å². The molecule has 2 aliphatic rings. The highest BCUT2D eigenvalue weighted by atomic mass is 16.5. The normalized spacial score (nSPS) is 20.0. The van der Waals surface area contributed by atoms with E-state index in [1.54, 1.807) is 4.90 Å². The molecule has 7 heteroatoms. The molecule has 0 bridgehead atoms. The van der Waals surface area contributed by atoms with Gasteiger partial charge >= 0.3 is 6.03 Å². The number of urea groups is 1. The number of nitrogens with zero attached hydrogens (tertiary/aromatic N) is 2. The quantitative estimate of drug-likeness (QED) is 0.782. The van der Waals surface area contributed by atoms with Gasteiger partial charge in [0.15, 0.2) is 0 Å². The van der Waals surface area contributed by atoms with Crippen LogP contribution in [0.1, 0.15) is 24.0 Å². The van der Waals surface area contributed by atoms with Crippen molar-refractivity contribution in [2.75, 3.05) is 52.5 Å². The fourth-order valence-electron chi connectivity index (χ4n) is 3.85. The molecule has 0 unspecified atom stereocenters. The van der Waals surface area contributed by atoms with Crippen molar-refractivity contribution in [3.05, 3.63) is 29.3 Å². The van der Waals surface area contributed by atoms with E-state index in [-0.39, 0.29) is 17.9 Å². The van der Waals surface area contributed by atoms with Gasteiger partial charge in [0, 0.05) is 26.2 Å². The molecule has 0 aromatic heterocycles. The minimum absolute atomic E-state index is 0.108. The largest absolute Gasteiger partial charge is 0.491 e. The molecule has 0 aliphatic carbocycles. The maximum Gasteiger partial charge on any atom is 0.317 e. The zero-order valence-corrected chi connectivity index (χ0v) is 16.9. The smallest absolute Gasteiger partial charge is 0.317 e. The molecular formula is C21H31N3O4. The average Bonchev–Trinajstić information content (AvgIpc) is 2.73. The second-order valence-electron chi connectivity index (χ2n) is 7.52. The van der Waals surface area contributed by atoms with Crippen LogP contribution < -0.4 is 10.1 Å². The molecule has 28 heavy (non-hydrogen) atoms. The lowest BCUT2D eigenvalue weighted by atomic mass is 9.96. The number of benzene rings is 1. The zero-order valence-electron chi connectivity index (χ0n) is 16.9. The van der Waals surface area contributed by atoms with Crippen LogP contribution in [0.15, 0.2) is 18.2 Å². The Morgan fingerprint density at radius 3 is 2.57 bits per heavy atom. The predicted molar refractivity (Wildman–Crippen MR) is 107 cm³/mol. The van der Waals surface area contributed by atoms with Crippen molar-refractivity contribution in [2.24, 2.45) is 5.92 Å². The van der Waals surface area contributed by atoms with Crippen LogP contribution >= 0.6 is 0 Å². The van der Waals surface area contributed by atoms with Gasteiger partial charge in [-0.3, -0.25) is 4.79 Å². The van der Waals surface area contributed by atoms with Crippen LogP contribution in [0, 0.1) is 19.8 Å². The molecule has 2 aliphatic heterocycles. The number of aryl methyl sites for hydroxylation is 2. The Morgan fingerprint density at radius 2 is 1.86 bits per heavy atom. The summed E-state index contributed by atoms with van der Waals surface area (Å²) in [4.78, 5) is 28.8. The molecule has 0 radical (unpaired) electrons. The third-order valence-corrected chi connectivity index (χ3v) is 5.41. The Labute approximate surface area is 167 Å². The number of likely N-dealkylation sites (tertiary alicyclic amines) is 1. The maximum absolute atomic E-state index is 12.7. The summed E-state index contributed by atoms with van der Waals surface area (Å²) in [6.45, 7) is 8.56. The van der Waals surface area contributed by atoms with Crippen LogP contribution in [-0.4, -0.2) is 74.3 Å². The fraction of sp³-hybridized carbons (Fsp3) is 0.619. The summed E-state index contributed by atoms with van der Waals surface area (Å²) >= 11 is 0. The van der Waals surface area contributed by atoms with E-state index < -0.39 is 0 Å². The number of carbonyl (C=O) groups excluding carboxylic acids is 2. The van der Waals surface area contributed by atoms with E-state index >= 15 is 0 Å². The summed E-state index contributed by atoms with van der Waals surface area (Å²) in [5, 5.41) is 2.92. The summed E-state index contributed by atoms with van der Waals surface area (Å²) in [6.07, 6.45) is 1.70. The van der Waals surface area contributed by atoms with Crippen LogP contribution in [0.25, 0.3) is 0 Å². The van der Waals surface area contributed by atoms with Crippen LogP contribution in [0.3, 0.4) is 0 Å². The van der Waals surface area contributed by atoms with Gasteiger partial charge in [0.25, 0.3) is 0 Å². The number of rotatable bonds is 5.